The van der Waals surface area contributed by atoms with Gasteiger partial charge in [0.25, 0.3) is 5.91 Å². The first-order valence-electron chi connectivity index (χ1n) is 9.86. The van der Waals surface area contributed by atoms with Gasteiger partial charge in [0.05, 0.1) is 6.21 Å². The number of hydrogen-bond donors (Lipinski definition) is 2. The van der Waals surface area contributed by atoms with E-state index in [1.165, 1.54) is 0 Å². The van der Waals surface area contributed by atoms with Crippen molar-refractivity contribution in [1.82, 2.24) is 5.43 Å². The van der Waals surface area contributed by atoms with Gasteiger partial charge in [0.1, 0.15) is 18.4 Å². The maximum absolute atomic E-state index is 12.5. The van der Waals surface area contributed by atoms with Crippen LogP contribution in [0.4, 0.5) is 5.69 Å². The summed E-state index contributed by atoms with van der Waals surface area (Å²) in [5.74, 6) is 0.495. The molecule has 0 radical (unpaired) electrons. The number of amides is 1. The van der Waals surface area contributed by atoms with Gasteiger partial charge >= 0.3 is 0 Å². The number of ether oxygens (including phenoxy) is 1. The Balaban J connectivity index is 1.59. The van der Waals surface area contributed by atoms with E-state index in [1.54, 1.807) is 6.21 Å². The molecule has 5 nitrogen and oxygen atoms in total. The number of carbonyl (C=O) groups excluding carboxylic acids is 1. The van der Waals surface area contributed by atoms with Gasteiger partial charge in [-0.05, 0) is 54.4 Å². The van der Waals surface area contributed by atoms with E-state index in [2.05, 4.69) is 47.7 Å². The Morgan fingerprint density at radius 3 is 2.55 bits per heavy atom. The van der Waals surface area contributed by atoms with Crippen LogP contribution in [0.25, 0.3) is 0 Å². The van der Waals surface area contributed by atoms with E-state index in [0.29, 0.717) is 18.8 Å². The lowest BCUT2D eigenvalue weighted by molar-refractivity contribution is -0.121. The lowest BCUT2D eigenvalue weighted by Gasteiger charge is -2.16. The Hall–Kier alpha value is -2.64. The third-order valence-corrected chi connectivity index (χ3v) is 5.52. The molecule has 3 aromatic carbocycles. The molecule has 1 atom stereocenters. The zero-order valence-electron chi connectivity index (χ0n) is 17.0. The number of para-hydroxylation sites is 1. The van der Waals surface area contributed by atoms with Crippen molar-refractivity contribution in [2.45, 2.75) is 26.0 Å². The molecule has 1 amide bonds. The molecule has 0 aliphatic rings. The second-order valence-electron chi connectivity index (χ2n) is 6.80. The van der Waals surface area contributed by atoms with Crippen LogP contribution in [0.1, 0.15) is 24.5 Å². The normalized spacial score (nSPS) is 11.8. The molecule has 0 aliphatic heterocycles. The van der Waals surface area contributed by atoms with Crippen LogP contribution in [0.5, 0.6) is 5.75 Å². The fraction of sp³-hybridized carbons (Fsp3) is 0.167. The SMILES string of the molecule is CC[C@H](Nc1cccc(Br)c1)C(=O)NN=Cc1ccccc1OCc1ccc(Br)cc1. The predicted molar refractivity (Wildman–Crippen MR) is 132 cm³/mol. The maximum Gasteiger partial charge on any atom is 0.262 e. The van der Waals surface area contributed by atoms with Crippen LogP contribution in [0.3, 0.4) is 0 Å². The molecule has 0 saturated carbocycles. The van der Waals surface area contributed by atoms with E-state index in [1.807, 2.05) is 79.7 Å². The summed E-state index contributed by atoms with van der Waals surface area (Å²) < 4.78 is 7.92. The van der Waals surface area contributed by atoms with Crippen molar-refractivity contribution in [2.24, 2.45) is 5.10 Å². The molecule has 0 spiro atoms. The number of hydrazone groups is 1. The van der Waals surface area contributed by atoms with E-state index in [-0.39, 0.29) is 5.91 Å². The molecule has 0 bridgehead atoms. The van der Waals surface area contributed by atoms with Gasteiger partial charge in [0, 0.05) is 20.2 Å². The Morgan fingerprint density at radius 1 is 1.03 bits per heavy atom. The maximum atomic E-state index is 12.5. The first-order chi connectivity index (χ1) is 15.0. The van der Waals surface area contributed by atoms with Crippen molar-refractivity contribution in [3.63, 3.8) is 0 Å². The third kappa shape index (κ3) is 7.22. The fourth-order valence-corrected chi connectivity index (χ4v) is 3.50. The molecule has 0 unspecified atom stereocenters. The highest BCUT2D eigenvalue weighted by molar-refractivity contribution is 9.10. The molecule has 0 heterocycles. The Bertz CT molecular complexity index is 1040. The van der Waals surface area contributed by atoms with Crippen LogP contribution in [0.2, 0.25) is 0 Å². The third-order valence-electron chi connectivity index (χ3n) is 4.50. The molecule has 160 valence electrons. The highest BCUT2D eigenvalue weighted by Crippen LogP contribution is 2.19. The minimum absolute atomic E-state index is 0.202. The summed E-state index contributed by atoms with van der Waals surface area (Å²) in [7, 11) is 0. The Kier molecular flexibility index (Phi) is 8.67. The first kappa shape index (κ1) is 23.0. The molecule has 0 aliphatic carbocycles. The van der Waals surface area contributed by atoms with Gasteiger partial charge in [-0.2, -0.15) is 5.10 Å². The number of carbonyl (C=O) groups is 1. The Labute approximate surface area is 199 Å². The molecule has 3 aromatic rings. The second kappa shape index (κ2) is 11.7. The number of nitrogens with one attached hydrogen (secondary N) is 2. The minimum Gasteiger partial charge on any atom is -0.488 e. The van der Waals surface area contributed by atoms with E-state index in [9.17, 15) is 4.79 Å². The number of rotatable bonds is 9. The van der Waals surface area contributed by atoms with Gasteiger partial charge in [-0.15, -0.1) is 0 Å². The van der Waals surface area contributed by atoms with Crippen molar-refractivity contribution in [1.29, 1.82) is 0 Å². The zero-order valence-corrected chi connectivity index (χ0v) is 20.2. The zero-order chi connectivity index (χ0) is 22.1. The van der Waals surface area contributed by atoms with E-state index < -0.39 is 6.04 Å². The number of benzene rings is 3. The van der Waals surface area contributed by atoms with Crippen molar-refractivity contribution in [3.8, 4) is 5.75 Å². The summed E-state index contributed by atoms with van der Waals surface area (Å²) in [5.41, 5.74) is 5.34. The second-order valence-corrected chi connectivity index (χ2v) is 8.63. The largest absolute Gasteiger partial charge is 0.488 e. The molecule has 0 fully saturated rings. The quantitative estimate of drug-likeness (QED) is 0.251. The summed E-state index contributed by atoms with van der Waals surface area (Å²) in [6.45, 7) is 2.39. The number of hydrogen-bond acceptors (Lipinski definition) is 4. The van der Waals surface area contributed by atoms with E-state index in [4.69, 9.17) is 4.74 Å². The van der Waals surface area contributed by atoms with Crippen molar-refractivity contribution in [2.75, 3.05) is 5.32 Å². The van der Waals surface area contributed by atoms with Crippen LogP contribution >= 0.6 is 31.9 Å². The topological polar surface area (TPSA) is 62.7 Å². The highest BCUT2D eigenvalue weighted by atomic mass is 79.9. The molecule has 0 saturated heterocycles. The smallest absolute Gasteiger partial charge is 0.262 e. The van der Waals surface area contributed by atoms with Gasteiger partial charge in [-0.25, -0.2) is 5.43 Å². The van der Waals surface area contributed by atoms with Gasteiger partial charge in [0.15, 0.2) is 0 Å². The van der Waals surface area contributed by atoms with Crippen LogP contribution in [0, 0.1) is 0 Å². The fourth-order valence-electron chi connectivity index (χ4n) is 2.84. The summed E-state index contributed by atoms with van der Waals surface area (Å²) in [4.78, 5) is 12.5. The lowest BCUT2D eigenvalue weighted by atomic mass is 10.2. The summed E-state index contributed by atoms with van der Waals surface area (Å²) in [6, 6.07) is 22.9. The van der Waals surface area contributed by atoms with Crippen LogP contribution in [-0.4, -0.2) is 18.2 Å². The molecular weight excluding hydrogens is 522 g/mol. The van der Waals surface area contributed by atoms with E-state index >= 15 is 0 Å². The lowest BCUT2D eigenvalue weighted by Crippen LogP contribution is -2.36. The minimum atomic E-state index is -0.393. The monoisotopic (exact) mass is 543 g/mol. The molecular formula is C24H23Br2N3O2. The average molecular weight is 545 g/mol. The Morgan fingerprint density at radius 2 is 1.81 bits per heavy atom. The average Bonchev–Trinajstić information content (AvgIpc) is 2.78. The summed E-state index contributed by atoms with van der Waals surface area (Å²) in [5, 5.41) is 7.36. The van der Waals surface area contributed by atoms with Crippen molar-refractivity contribution >= 4 is 49.7 Å². The van der Waals surface area contributed by atoms with Gasteiger partial charge in [0.2, 0.25) is 0 Å². The molecule has 3 rings (SSSR count). The van der Waals surface area contributed by atoms with Crippen LogP contribution < -0.4 is 15.5 Å². The molecule has 31 heavy (non-hydrogen) atoms. The number of nitrogens with zero attached hydrogens (tertiary/aromatic N) is 1. The van der Waals surface area contributed by atoms with Gasteiger partial charge in [-0.3, -0.25) is 4.79 Å². The summed E-state index contributed by atoms with van der Waals surface area (Å²) >= 11 is 6.87. The number of halogens is 2. The van der Waals surface area contributed by atoms with Crippen molar-refractivity contribution < 1.29 is 9.53 Å². The van der Waals surface area contributed by atoms with Gasteiger partial charge in [-0.1, -0.05) is 69.1 Å². The summed E-state index contributed by atoms with van der Waals surface area (Å²) in [6.07, 6.45) is 2.22. The number of anilines is 1. The van der Waals surface area contributed by atoms with Crippen LogP contribution in [-0.2, 0) is 11.4 Å². The van der Waals surface area contributed by atoms with Crippen LogP contribution in [0.15, 0.2) is 86.8 Å². The molecule has 2 N–H and O–H groups in total. The van der Waals surface area contributed by atoms with Crippen molar-refractivity contribution in [3.05, 3.63) is 92.9 Å². The predicted octanol–water partition coefficient (Wildman–Crippen LogP) is 6.13. The highest BCUT2D eigenvalue weighted by Gasteiger charge is 2.15. The first-order valence-corrected chi connectivity index (χ1v) is 11.4. The van der Waals surface area contributed by atoms with Gasteiger partial charge < -0.3 is 10.1 Å². The molecule has 7 heteroatoms. The van der Waals surface area contributed by atoms with E-state index in [0.717, 1.165) is 25.8 Å². The molecule has 0 aromatic heterocycles. The standard InChI is InChI=1S/C24H23Br2N3O2/c1-2-22(28-21-8-5-7-20(26)14-21)24(30)29-27-15-18-6-3-4-9-23(18)31-16-17-10-12-19(25)13-11-17/h3-15,22,28H,2,16H2,1H3,(H,29,30)/t22-/m0/s1.